The van der Waals surface area contributed by atoms with Crippen LogP contribution < -0.4 is 4.74 Å². The number of aryl methyl sites for hydroxylation is 3. The van der Waals surface area contributed by atoms with Crippen LogP contribution in [0.1, 0.15) is 29.5 Å². The summed E-state index contributed by atoms with van der Waals surface area (Å²) in [6.07, 6.45) is 1.94. The Balaban J connectivity index is 1.45. The van der Waals surface area contributed by atoms with Gasteiger partial charge in [0.15, 0.2) is 6.61 Å². The summed E-state index contributed by atoms with van der Waals surface area (Å²) in [6, 6.07) is 13.5. The van der Waals surface area contributed by atoms with Crippen LogP contribution >= 0.6 is 11.6 Å². The highest BCUT2D eigenvalue weighted by Crippen LogP contribution is 2.19. The number of halogens is 1. The van der Waals surface area contributed by atoms with Gasteiger partial charge in [0.1, 0.15) is 5.75 Å². The fourth-order valence-corrected chi connectivity index (χ4v) is 3.79. The lowest BCUT2D eigenvalue weighted by molar-refractivity contribution is -0.134. The molecule has 0 aromatic heterocycles. The first-order valence-electron chi connectivity index (χ1n) is 10.4. The molecule has 0 unspecified atom stereocenters. The van der Waals surface area contributed by atoms with Crippen molar-refractivity contribution in [1.82, 2.24) is 9.80 Å². The lowest BCUT2D eigenvalue weighted by Gasteiger charge is -2.22. The van der Waals surface area contributed by atoms with Gasteiger partial charge >= 0.3 is 0 Å². The van der Waals surface area contributed by atoms with E-state index in [4.69, 9.17) is 16.3 Å². The molecule has 1 fully saturated rings. The van der Waals surface area contributed by atoms with Crippen molar-refractivity contribution in [1.29, 1.82) is 0 Å². The predicted molar refractivity (Wildman–Crippen MR) is 119 cm³/mol. The van der Waals surface area contributed by atoms with Crippen molar-refractivity contribution < 1.29 is 14.3 Å². The first kappa shape index (κ1) is 22.2. The molecule has 0 atom stereocenters. The van der Waals surface area contributed by atoms with Gasteiger partial charge in [-0.3, -0.25) is 9.59 Å². The first-order valence-corrected chi connectivity index (χ1v) is 10.8. The van der Waals surface area contributed by atoms with Crippen LogP contribution in [0.2, 0.25) is 5.02 Å². The summed E-state index contributed by atoms with van der Waals surface area (Å²) < 4.78 is 5.74. The van der Waals surface area contributed by atoms with Crippen LogP contribution in [0.5, 0.6) is 5.75 Å². The summed E-state index contributed by atoms with van der Waals surface area (Å²) >= 11 is 5.91. The molecule has 30 heavy (non-hydrogen) atoms. The first-order chi connectivity index (χ1) is 14.4. The Bertz CT molecular complexity index is 883. The van der Waals surface area contributed by atoms with Crippen LogP contribution in [-0.2, 0) is 16.0 Å². The number of hydrogen-bond acceptors (Lipinski definition) is 3. The average Bonchev–Trinajstić information content (AvgIpc) is 2.99. The molecule has 2 aromatic rings. The van der Waals surface area contributed by atoms with Crippen LogP contribution in [-0.4, -0.2) is 54.4 Å². The molecule has 3 rings (SSSR count). The zero-order valence-corrected chi connectivity index (χ0v) is 18.5. The molecule has 0 N–H and O–H groups in total. The summed E-state index contributed by atoms with van der Waals surface area (Å²) in [6.45, 7) is 6.47. The molecule has 0 bridgehead atoms. The summed E-state index contributed by atoms with van der Waals surface area (Å²) in [7, 11) is 0. The molecule has 0 spiro atoms. The average molecular weight is 429 g/mol. The quantitative estimate of drug-likeness (QED) is 0.698. The molecule has 160 valence electrons. The van der Waals surface area contributed by atoms with E-state index in [0.717, 1.165) is 23.3 Å². The van der Waals surface area contributed by atoms with Crippen molar-refractivity contribution in [2.45, 2.75) is 33.1 Å². The van der Waals surface area contributed by atoms with Gasteiger partial charge in [0.05, 0.1) is 0 Å². The molecule has 0 aliphatic carbocycles. The molecule has 0 saturated carbocycles. The molecule has 6 heteroatoms. The molecule has 1 aliphatic heterocycles. The largest absolute Gasteiger partial charge is 0.484 e. The van der Waals surface area contributed by atoms with Gasteiger partial charge in [0, 0.05) is 37.6 Å². The number of carbonyl (C=O) groups excluding carboxylic acids is 2. The third kappa shape index (κ3) is 6.23. The van der Waals surface area contributed by atoms with E-state index in [1.807, 2.05) is 61.2 Å². The van der Waals surface area contributed by atoms with Crippen molar-refractivity contribution in [2.75, 3.05) is 32.8 Å². The van der Waals surface area contributed by atoms with E-state index < -0.39 is 0 Å². The maximum Gasteiger partial charge on any atom is 0.260 e. The second-order valence-corrected chi connectivity index (χ2v) is 8.24. The van der Waals surface area contributed by atoms with Crippen molar-refractivity contribution in [3.8, 4) is 5.75 Å². The summed E-state index contributed by atoms with van der Waals surface area (Å²) in [5.41, 5.74) is 3.29. The van der Waals surface area contributed by atoms with E-state index in [-0.39, 0.29) is 18.4 Å². The topological polar surface area (TPSA) is 49.9 Å². The molecule has 0 radical (unpaired) electrons. The molecule has 1 saturated heterocycles. The lowest BCUT2D eigenvalue weighted by Crippen LogP contribution is -2.39. The minimum Gasteiger partial charge on any atom is -0.484 e. The molecule has 5 nitrogen and oxygen atoms in total. The van der Waals surface area contributed by atoms with Crippen LogP contribution in [0.3, 0.4) is 0 Å². The SMILES string of the molecule is Cc1ccc(OCC(=O)N2CCCN(C(=O)CCc3ccc(Cl)cc3)CC2)c(C)c1. The normalized spacial score (nSPS) is 14.4. The third-order valence-corrected chi connectivity index (χ3v) is 5.68. The number of carbonyl (C=O) groups is 2. The smallest absolute Gasteiger partial charge is 0.260 e. The molecule has 2 amide bonds. The van der Waals surface area contributed by atoms with Gasteiger partial charge in [0.25, 0.3) is 5.91 Å². The monoisotopic (exact) mass is 428 g/mol. The number of rotatable bonds is 6. The second-order valence-electron chi connectivity index (χ2n) is 7.80. The Morgan fingerprint density at radius 1 is 0.933 bits per heavy atom. The van der Waals surface area contributed by atoms with E-state index in [1.54, 1.807) is 4.90 Å². The third-order valence-electron chi connectivity index (χ3n) is 5.42. The number of nitrogens with zero attached hydrogens (tertiary/aromatic N) is 2. The fourth-order valence-electron chi connectivity index (χ4n) is 3.67. The van der Waals surface area contributed by atoms with E-state index >= 15 is 0 Å². The molecular weight excluding hydrogens is 400 g/mol. The lowest BCUT2D eigenvalue weighted by atomic mass is 10.1. The highest BCUT2D eigenvalue weighted by Gasteiger charge is 2.22. The van der Waals surface area contributed by atoms with E-state index in [2.05, 4.69) is 0 Å². The summed E-state index contributed by atoms with van der Waals surface area (Å²) in [4.78, 5) is 28.9. The maximum atomic E-state index is 12.6. The number of ether oxygens (including phenoxy) is 1. The van der Waals surface area contributed by atoms with Crippen LogP contribution in [0.15, 0.2) is 42.5 Å². The zero-order valence-electron chi connectivity index (χ0n) is 17.7. The highest BCUT2D eigenvalue weighted by atomic mass is 35.5. The summed E-state index contributed by atoms with van der Waals surface area (Å²) in [5.74, 6) is 0.832. The zero-order chi connectivity index (χ0) is 21.5. The van der Waals surface area contributed by atoms with Crippen molar-refractivity contribution in [2.24, 2.45) is 0 Å². The van der Waals surface area contributed by atoms with Gasteiger partial charge in [0.2, 0.25) is 5.91 Å². The fraction of sp³-hybridized carbons (Fsp3) is 0.417. The number of amides is 2. The van der Waals surface area contributed by atoms with E-state index in [9.17, 15) is 9.59 Å². The van der Waals surface area contributed by atoms with Gasteiger partial charge in [-0.25, -0.2) is 0 Å². The van der Waals surface area contributed by atoms with Crippen LogP contribution in [0, 0.1) is 13.8 Å². The Labute approximate surface area is 183 Å². The highest BCUT2D eigenvalue weighted by molar-refractivity contribution is 6.30. The standard InChI is InChI=1S/C24H29ClN2O3/c1-18-4-10-22(19(2)16-18)30-17-24(29)27-13-3-12-26(14-15-27)23(28)11-7-20-5-8-21(25)9-6-20/h4-6,8-10,16H,3,7,11-15,17H2,1-2H3. The van der Waals surface area contributed by atoms with Gasteiger partial charge in [-0.15, -0.1) is 0 Å². The van der Waals surface area contributed by atoms with E-state index in [1.165, 1.54) is 5.56 Å². The summed E-state index contributed by atoms with van der Waals surface area (Å²) in [5, 5.41) is 0.698. The minimum atomic E-state index is -0.0366. The van der Waals surface area contributed by atoms with E-state index in [0.29, 0.717) is 44.0 Å². The second kappa shape index (κ2) is 10.5. The Morgan fingerprint density at radius 3 is 2.27 bits per heavy atom. The van der Waals surface area contributed by atoms with Crippen molar-refractivity contribution >= 4 is 23.4 Å². The number of benzene rings is 2. The minimum absolute atomic E-state index is 0.0222. The van der Waals surface area contributed by atoms with Crippen molar-refractivity contribution in [3.63, 3.8) is 0 Å². The van der Waals surface area contributed by atoms with Gasteiger partial charge in [-0.1, -0.05) is 41.4 Å². The van der Waals surface area contributed by atoms with Gasteiger partial charge in [-0.05, 0) is 56.0 Å². The van der Waals surface area contributed by atoms with Crippen molar-refractivity contribution in [3.05, 3.63) is 64.2 Å². The Hall–Kier alpha value is -2.53. The van der Waals surface area contributed by atoms with Crippen LogP contribution in [0.4, 0.5) is 0 Å². The molecular formula is C24H29ClN2O3. The Kier molecular flexibility index (Phi) is 7.75. The molecule has 2 aromatic carbocycles. The maximum absolute atomic E-state index is 12.6. The van der Waals surface area contributed by atoms with Gasteiger partial charge < -0.3 is 14.5 Å². The molecule has 1 heterocycles. The van der Waals surface area contributed by atoms with Crippen LogP contribution in [0.25, 0.3) is 0 Å². The Morgan fingerprint density at radius 2 is 1.60 bits per heavy atom. The number of hydrogen-bond donors (Lipinski definition) is 0. The molecule has 1 aliphatic rings. The van der Waals surface area contributed by atoms with Gasteiger partial charge in [-0.2, -0.15) is 0 Å². The predicted octanol–water partition coefficient (Wildman–Crippen LogP) is 4.03.